The smallest absolute Gasteiger partial charge is 0.332 e. The fourth-order valence-corrected chi connectivity index (χ4v) is 2.68. The van der Waals surface area contributed by atoms with Gasteiger partial charge in [0.05, 0.1) is 5.69 Å². The van der Waals surface area contributed by atoms with Crippen molar-refractivity contribution < 1.29 is 0 Å². The topological polar surface area (TPSA) is 150 Å². The highest BCUT2D eigenvalue weighted by molar-refractivity contribution is 5.53. The Labute approximate surface area is 143 Å². The largest absolute Gasteiger partial charge is 0.381 e. The van der Waals surface area contributed by atoms with Crippen molar-refractivity contribution in [1.82, 2.24) is 19.3 Å². The van der Waals surface area contributed by atoms with Gasteiger partial charge in [0.1, 0.15) is 23.5 Å². The molecule has 10 nitrogen and oxygen atoms in total. The van der Waals surface area contributed by atoms with E-state index >= 15 is 0 Å². The molecule has 2 heterocycles. The molecule has 0 amide bonds. The molecule has 0 bridgehead atoms. The van der Waals surface area contributed by atoms with Crippen molar-refractivity contribution >= 4 is 11.6 Å². The Morgan fingerprint density at radius 1 is 1.20 bits per heavy atom. The number of hydrogen-bond acceptors (Lipinski definition) is 7. The summed E-state index contributed by atoms with van der Waals surface area (Å²) in [4.78, 5) is 25.9. The molecule has 10 heteroatoms. The Bertz CT molecular complexity index is 999. The number of hydrogen-bond donors (Lipinski definition) is 2. The van der Waals surface area contributed by atoms with E-state index in [0.717, 1.165) is 4.57 Å². The summed E-state index contributed by atoms with van der Waals surface area (Å²) < 4.78 is 2.18. The van der Waals surface area contributed by atoms with E-state index in [1.165, 1.54) is 18.7 Å². The molecule has 0 aliphatic heterocycles. The third kappa shape index (κ3) is 3.10. The molecule has 130 valence electrons. The minimum Gasteiger partial charge on any atom is -0.381 e. The van der Waals surface area contributed by atoms with E-state index in [1.54, 1.807) is 11.9 Å². The van der Waals surface area contributed by atoms with Gasteiger partial charge in [0.2, 0.25) is 0 Å². The molecule has 25 heavy (non-hydrogen) atoms. The van der Waals surface area contributed by atoms with Gasteiger partial charge in [0.15, 0.2) is 11.4 Å². The fourth-order valence-electron chi connectivity index (χ4n) is 2.68. The summed E-state index contributed by atoms with van der Waals surface area (Å²) in [5.41, 5.74) is 5.33. The molecule has 0 spiro atoms. The lowest BCUT2D eigenvalue weighted by Gasteiger charge is -2.23. The van der Waals surface area contributed by atoms with Crippen molar-refractivity contribution in [1.29, 1.82) is 10.5 Å². The van der Waals surface area contributed by atoms with Crippen LogP contribution in [0.15, 0.2) is 9.59 Å². The maximum absolute atomic E-state index is 12.1. The average molecular weight is 342 g/mol. The monoisotopic (exact) mass is 342 g/mol. The summed E-state index contributed by atoms with van der Waals surface area (Å²) in [6, 6.07) is 3.87. The van der Waals surface area contributed by atoms with Gasteiger partial charge in [-0.15, -0.1) is 0 Å². The standard InChI is InChI=1S/C15H18N8O2/c1-21(6-4-5-11-9(7-16)12(18)20-19-11)13-10(8-17)14(24)23(3)15(25)22(13)2/h4-6H2,1-3H3,(H3,18,19,20). The lowest BCUT2D eigenvalue weighted by Crippen LogP contribution is -2.42. The molecule has 0 radical (unpaired) electrons. The molecule has 0 saturated heterocycles. The Balaban J connectivity index is 2.24. The van der Waals surface area contributed by atoms with E-state index in [9.17, 15) is 14.9 Å². The van der Waals surface area contributed by atoms with Crippen molar-refractivity contribution in [2.45, 2.75) is 12.8 Å². The fraction of sp³-hybridized carbons (Fsp3) is 0.400. The van der Waals surface area contributed by atoms with Crippen LogP contribution in [0.25, 0.3) is 0 Å². The molecule has 0 saturated carbocycles. The lowest BCUT2D eigenvalue weighted by molar-refractivity contribution is 0.658. The first kappa shape index (κ1) is 17.8. The number of nitrogens with zero attached hydrogens (tertiary/aromatic N) is 6. The van der Waals surface area contributed by atoms with E-state index in [1.807, 2.05) is 12.1 Å². The highest BCUT2D eigenvalue weighted by Crippen LogP contribution is 2.16. The van der Waals surface area contributed by atoms with Gasteiger partial charge in [-0.25, -0.2) is 4.79 Å². The Kier molecular flexibility index (Phi) is 4.94. The SMILES string of the molecule is CN(CCCc1[nH]nc(N)c1C#N)c1c(C#N)c(=O)n(C)c(=O)n1C. The molecule has 0 atom stereocenters. The molecule has 2 aromatic heterocycles. The number of nitriles is 2. The van der Waals surface area contributed by atoms with Crippen LogP contribution in [0.3, 0.4) is 0 Å². The van der Waals surface area contributed by atoms with Crippen LogP contribution >= 0.6 is 0 Å². The summed E-state index contributed by atoms with van der Waals surface area (Å²) in [5.74, 6) is 0.423. The predicted octanol–water partition coefficient (Wildman–Crippen LogP) is -0.798. The highest BCUT2D eigenvalue weighted by Gasteiger charge is 2.19. The van der Waals surface area contributed by atoms with Crippen molar-refractivity contribution in [2.75, 3.05) is 24.2 Å². The summed E-state index contributed by atoms with van der Waals surface area (Å²) >= 11 is 0. The maximum atomic E-state index is 12.1. The number of anilines is 2. The second-order valence-corrected chi connectivity index (χ2v) is 5.62. The van der Waals surface area contributed by atoms with Gasteiger partial charge < -0.3 is 10.6 Å². The highest BCUT2D eigenvalue weighted by atomic mass is 16.2. The van der Waals surface area contributed by atoms with Crippen LogP contribution in [-0.4, -0.2) is 32.9 Å². The van der Waals surface area contributed by atoms with Crippen molar-refractivity contribution in [2.24, 2.45) is 14.1 Å². The number of aryl methyl sites for hydroxylation is 1. The summed E-state index contributed by atoms with van der Waals surface area (Å²) in [7, 11) is 4.54. The Hall–Kier alpha value is -3.53. The minimum atomic E-state index is -0.624. The number of nitrogens with two attached hydrogens (primary N) is 1. The molecule has 0 fully saturated rings. The van der Waals surface area contributed by atoms with E-state index < -0.39 is 11.2 Å². The molecule has 3 N–H and O–H groups in total. The van der Waals surface area contributed by atoms with Crippen molar-refractivity contribution in [3.8, 4) is 12.1 Å². The van der Waals surface area contributed by atoms with Crippen LogP contribution in [-0.2, 0) is 20.5 Å². The number of nitrogen functional groups attached to an aromatic ring is 1. The second-order valence-electron chi connectivity index (χ2n) is 5.62. The third-order valence-electron chi connectivity index (χ3n) is 4.01. The second kappa shape index (κ2) is 6.93. The lowest BCUT2D eigenvalue weighted by atomic mass is 10.1. The van der Waals surface area contributed by atoms with Gasteiger partial charge in [0.25, 0.3) is 5.56 Å². The number of rotatable bonds is 5. The first-order valence-corrected chi connectivity index (χ1v) is 7.47. The first-order chi connectivity index (χ1) is 11.8. The molecule has 0 aliphatic rings. The number of aromatic nitrogens is 4. The predicted molar refractivity (Wildman–Crippen MR) is 90.9 cm³/mol. The van der Waals surface area contributed by atoms with Crippen LogP contribution in [0.2, 0.25) is 0 Å². The molecule has 0 aromatic carbocycles. The zero-order chi connectivity index (χ0) is 18.7. The van der Waals surface area contributed by atoms with Gasteiger partial charge in [-0.1, -0.05) is 0 Å². The van der Waals surface area contributed by atoms with Gasteiger partial charge >= 0.3 is 5.69 Å². The molecular formula is C15H18N8O2. The number of H-pyrrole nitrogens is 1. The van der Waals surface area contributed by atoms with E-state index in [2.05, 4.69) is 10.2 Å². The molecular weight excluding hydrogens is 324 g/mol. The Morgan fingerprint density at radius 3 is 2.44 bits per heavy atom. The minimum absolute atomic E-state index is 0.0874. The van der Waals surface area contributed by atoms with Crippen molar-refractivity contribution in [3.05, 3.63) is 37.7 Å². The molecule has 0 unspecified atom stereocenters. The average Bonchev–Trinajstić information content (AvgIpc) is 2.95. The summed E-state index contributed by atoms with van der Waals surface area (Å²) in [6.07, 6.45) is 1.11. The van der Waals surface area contributed by atoms with Crippen LogP contribution in [0.4, 0.5) is 11.6 Å². The zero-order valence-electron chi connectivity index (χ0n) is 14.2. The van der Waals surface area contributed by atoms with Gasteiger partial charge in [-0.3, -0.25) is 19.0 Å². The number of nitrogens with one attached hydrogen (secondary N) is 1. The van der Waals surface area contributed by atoms with Crippen LogP contribution in [0, 0.1) is 22.7 Å². The van der Waals surface area contributed by atoms with Crippen LogP contribution in [0.5, 0.6) is 0 Å². The molecule has 2 aromatic rings. The van der Waals surface area contributed by atoms with Gasteiger partial charge in [-0.2, -0.15) is 15.6 Å². The van der Waals surface area contributed by atoms with E-state index in [4.69, 9.17) is 11.0 Å². The number of aromatic amines is 1. The normalized spacial score (nSPS) is 10.3. The van der Waals surface area contributed by atoms with Gasteiger partial charge in [-0.05, 0) is 12.8 Å². The first-order valence-electron chi connectivity index (χ1n) is 7.47. The van der Waals surface area contributed by atoms with Crippen molar-refractivity contribution in [3.63, 3.8) is 0 Å². The summed E-state index contributed by atoms with van der Waals surface area (Å²) in [6.45, 7) is 0.457. The van der Waals surface area contributed by atoms with E-state index in [-0.39, 0.29) is 17.2 Å². The maximum Gasteiger partial charge on any atom is 0.332 e. The van der Waals surface area contributed by atoms with Crippen LogP contribution in [0.1, 0.15) is 23.2 Å². The summed E-state index contributed by atoms with van der Waals surface area (Å²) in [5, 5.41) is 24.9. The molecule has 2 rings (SSSR count). The van der Waals surface area contributed by atoms with Crippen LogP contribution < -0.4 is 21.9 Å². The molecule has 0 aliphatic carbocycles. The van der Waals surface area contributed by atoms with E-state index in [0.29, 0.717) is 30.6 Å². The third-order valence-corrected chi connectivity index (χ3v) is 4.01. The Morgan fingerprint density at radius 2 is 1.84 bits per heavy atom. The quantitative estimate of drug-likeness (QED) is 0.722. The van der Waals surface area contributed by atoms with Gasteiger partial charge in [0, 0.05) is 27.7 Å². The zero-order valence-corrected chi connectivity index (χ0v) is 14.2.